The summed E-state index contributed by atoms with van der Waals surface area (Å²) >= 11 is 0. The number of fused-ring (bicyclic) bond motifs is 1. The highest BCUT2D eigenvalue weighted by atomic mass is 16.5. The molecule has 0 bridgehead atoms. The smallest absolute Gasteiger partial charge is 0.337 e. The summed E-state index contributed by atoms with van der Waals surface area (Å²) in [5.41, 5.74) is 2.32. The molecule has 3 rings (SSSR count). The molecule has 22 heavy (non-hydrogen) atoms. The fraction of sp³-hybridized carbons (Fsp3) is 0.0625. The number of benzene rings is 1. The number of amides is 1. The lowest BCUT2D eigenvalue weighted by atomic mass is 10.2. The third-order valence-corrected chi connectivity index (χ3v) is 3.21. The van der Waals surface area contributed by atoms with Gasteiger partial charge in [0.25, 0.3) is 5.91 Å². The summed E-state index contributed by atoms with van der Waals surface area (Å²) in [5.74, 6) is -0.648. The van der Waals surface area contributed by atoms with Crippen molar-refractivity contribution in [1.82, 2.24) is 9.38 Å². The van der Waals surface area contributed by atoms with Gasteiger partial charge < -0.3 is 14.5 Å². The first kappa shape index (κ1) is 13.8. The number of imidazole rings is 1. The van der Waals surface area contributed by atoms with Gasteiger partial charge in [-0.1, -0.05) is 0 Å². The van der Waals surface area contributed by atoms with Crippen LogP contribution in [0.5, 0.6) is 0 Å². The summed E-state index contributed by atoms with van der Waals surface area (Å²) in [6.07, 6.45) is 5.15. The summed E-state index contributed by atoms with van der Waals surface area (Å²) in [6.45, 7) is 0. The molecule has 0 aliphatic heterocycles. The minimum absolute atomic E-state index is 0.235. The number of nitrogens with one attached hydrogen (secondary N) is 1. The minimum Gasteiger partial charge on any atom is -0.465 e. The molecule has 0 aliphatic rings. The van der Waals surface area contributed by atoms with Crippen LogP contribution in [0.4, 0.5) is 5.69 Å². The predicted octanol–water partition coefficient (Wildman–Crippen LogP) is 2.37. The molecule has 110 valence electrons. The van der Waals surface area contributed by atoms with Gasteiger partial charge in [-0.3, -0.25) is 4.79 Å². The molecule has 1 N–H and O–H groups in total. The van der Waals surface area contributed by atoms with Crippen LogP contribution in [-0.4, -0.2) is 28.4 Å². The molecule has 3 aromatic rings. The largest absolute Gasteiger partial charge is 0.465 e. The molecule has 0 aliphatic carbocycles. The first-order chi connectivity index (χ1) is 10.7. The lowest BCUT2D eigenvalue weighted by Crippen LogP contribution is -2.12. The Bertz CT molecular complexity index is 837. The summed E-state index contributed by atoms with van der Waals surface area (Å²) in [6, 6.07) is 9.98. The van der Waals surface area contributed by atoms with Crippen LogP contribution in [0.1, 0.15) is 20.7 Å². The van der Waals surface area contributed by atoms with E-state index in [1.54, 1.807) is 59.4 Å². The molecular formula is C16H13N3O3. The van der Waals surface area contributed by atoms with Crippen molar-refractivity contribution in [3.8, 4) is 0 Å². The van der Waals surface area contributed by atoms with Gasteiger partial charge in [0, 0.05) is 24.3 Å². The highest BCUT2D eigenvalue weighted by Gasteiger charge is 2.09. The van der Waals surface area contributed by atoms with Crippen molar-refractivity contribution in [1.29, 1.82) is 0 Å². The normalized spacial score (nSPS) is 10.4. The van der Waals surface area contributed by atoms with Gasteiger partial charge in [0.1, 0.15) is 5.65 Å². The first-order valence-electron chi connectivity index (χ1n) is 6.60. The summed E-state index contributed by atoms with van der Waals surface area (Å²) in [7, 11) is 1.32. The topological polar surface area (TPSA) is 72.7 Å². The number of carbonyl (C=O) groups excluding carboxylic acids is 2. The van der Waals surface area contributed by atoms with Crippen molar-refractivity contribution in [2.45, 2.75) is 0 Å². The molecule has 0 saturated heterocycles. The minimum atomic E-state index is -0.413. The van der Waals surface area contributed by atoms with Crippen molar-refractivity contribution in [2.24, 2.45) is 0 Å². The zero-order valence-corrected chi connectivity index (χ0v) is 11.8. The molecule has 2 aromatic heterocycles. The van der Waals surface area contributed by atoms with Crippen LogP contribution in [0, 0.1) is 0 Å². The quantitative estimate of drug-likeness (QED) is 0.753. The van der Waals surface area contributed by atoms with E-state index in [4.69, 9.17) is 0 Å². The molecule has 0 fully saturated rings. The number of hydrogen-bond donors (Lipinski definition) is 1. The summed E-state index contributed by atoms with van der Waals surface area (Å²) in [5, 5.41) is 2.77. The van der Waals surface area contributed by atoms with E-state index in [1.807, 2.05) is 0 Å². The SMILES string of the molecule is COC(=O)c1ccc(NC(=O)c2ccc3nccn3c2)cc1. The zero-order chi connectivity index (χ0) is 15.5. The number of ether oxygens (including phenoxy) is 1. The van der Waals surface area contributed by atoms with Gasteiger partial charge in [0.05, 0.1) is 18.2 Å². The maximum atomic E-state index is 12.2. The number of anilines is 1. The van der Waals surface area contributed by atoms with E-state index in [0.717, 1.165) is 5.65 Å². The number of nitrogens with zero attached hydrogens (tertiary/aromatic N) is 2. The molecule has 0 atom stereocenters. The van der Waals surface area contributed by atoms with Crippen LogP contribution >= 0.6 is 0 Å². The van der Waals surface area contributed by atoms with Crippen LogP contribution in [0.25, 0.3) is 5.65 Å². The van der Waals surface area contributed by atoms with Crippen LogP contribution in [0.2, 0.25) is 0 Å². The van der Waals surface area contributed by atoms with Gasteiger partial charge in [-0.25, -0.2) is 9.78 Å². The Labute approximate surface area is 126 Å². The summed E-state index contributed by atoms with van der Waals surface area (Å²) < 4.78 is 6.40. The fourth-order valence-corrected chi connectivity index (χ4v) is 2.07. The Balaban J connectivity index is 1.77. The Morgan fingerprint density at radius 3 is 2.55 bits per heavy atom. The molecule has 1 aromatic carbocycles. The van der Waals surface area contributed by atoms with Crippen LogP contribution in [0.15, 0.2) is 55.0 Å². The van der Waals surface area contributed by atoms with Gasteiger partial charge in [0.2, 0.25) is 0 Å². The molecule has 6 nitrogen and oxygen atoms in total. The van der Waals surface area contributed by atoms with E-state index in [1.165, 1.54) is 7.11 Å². The van der Waals surface area contributed by atoms with Crippen molar-refractivity contribution in [3.05, 3.63) is 66.1 Å². The third-order valence-electron chi connectivity index (χ3n) is 3.21. The monoisotopic (exact) mass is 295 g/mol. The van der Waals surface area contributed by atoms with Gasteiger partial charge in [-0.2, -0.15) is 0 Å². The second-order valence-corrected chi connectivity index (χ2v) is 4.63. The number of aromatic nitrogens is 2. The van der Waals surface area contributed by atoms with E-state index in [-0.39, 0.29) is 5.91 Å². The Morgan fingerprint density at radius 1 is 1.09 bits per heavy atom. The average molecular weight is 295 g/mol. The number of methoxy groups -OCH3 is 1. The van der Waals surface area contributed by atoms with Gasteiger partial charge in [-0.05, 0) is 36.4 Å². The zero-order valence-electron chi connectivity index (χ0n) is 11.8. The number of carbonyl (C=O) groups is 2. The lowest BCUT2D eigenvalue weighted by Gasteiger charge is -2.06. The maximum absolute atomic E-state index is 12.2. The van der Waals surface area contributed by atoms with Crippen LogP contribution in [0.3, 0.4) is 0 Å². The number of esters is 1. The molecule has 2 heterocycles. The Hall–Kier alpha value is -3.15. The Morgan fingerprint density at radius 2 is 1.82 bits per heavy atom. The second kappa shape index (κ2) is 5.69. The van der Waals surface area contributed by atoms with Crippen molar-refractivity contribution in [2.75, 3.05) is 12.4 Å². The van der Waals surface area contributed by atoms with E-state index in [9.17, 15) is 9.59 Å². The van der Waals surface area contributed by atoms with E-state index in [0.29, 0.717) is 16.8 Å². The molecule has 0 unspecified atom stereocenters. The standard InChI is InChI=1S/C16H13N3O3/c1-22-16(21)11-2-5-13(6-3-11)18-15(20)12-4-7-14-17-8-9-19(14)10-12/h2-10H,1H3,(H,18,20). The lowest BCUT2D eigenvalue weighted by molar-refractivity contribution is 0.0600. The van der Waals surface area contributed by atoms with Crippen molar-refractivity contribution < 1.29 is 14.3 Å². The highest BCUT2D eigenvalue weighted by Crippen LogP contribution is 2.13. The fourth-order valence-electron chi connectivity index (χ4n) is 2.07. The third kappa shape index (κ3) is 2.67. The van der Waals surface area contributed by atoms with Crippen LogP contribution < -0.4 is 5.32 Å². The van der Waals surface area contributed by atoms with Gasteiger partial charge in [-0.15, -0.1) is 0 Å². The predicted molar refractivity (Wildman–Crippen MR) is 80.9 cm³/mol. The van der Waals surface area contributed by atoms with Gasteiger partial charge in [0.15, 0.2) is 0 Å². The van der Waals surface area contributed by atoms with E-state index >= 15 is 0 Å². The molecule has 0 saturated carbocycles. The molecule has 1 amide bonds. The van der Waals surface area contributed by atoms with Crippen molar-refractivity contribution >= 4 is 23.2 Å². The highest BCUT2D eigenvalue weighted by molar-refractivity contribution is 6.04. The van der Waals surface area contributed by atoms with Crippen molar-refractivity contribution in [3.63, 3.8) is 0 Å². The molecule has 0 spiro atoms. The number of rotatable bonds is 3. The first-order valence-corrected chi connectivity index (χ1v) is 6.60. The van der Waals surface area contributed by atoms with E-state index < -0.39 is 5.97 Å². The van der Waals surface area contributed by atoms with Gasteiger partial charge >= 0.3 is 5.97 Å². The van der Waals surface area contributed by atoms with Crippen LogP contribution in [-0.2, 0) is 4.74 Å². The second-order valence-electron chi connectivity index (χ2n) is 4.63. The Kier molecular flexibility index (Phi) is 3.57. The number of pyridine rings is 1. The molecule has 0 radical (unpaired) electrons. The van der Waals surface area contributed by atoms with E-state index in [2.05, 4.69) is 15.0 Å². The maximum Gasteiger partial charge on any atom is 0.337 e. The summed E-state index contributed by atoms with van der Waals surface area (Å²) in [4.78, 5) is 27.7. The molecular weight excluding hydrogens is 282 g/mol. The molecule has 6 heteroatoms. The average Bonchev–Trinajstić information content (AvgIpc) is 3.02. The number of hydrogen-bond acceptors (Lipinski definition) is 4.